The molecule has 3 heteroatoms. The molecule has 1 aliphatic rings. The fourth-order valence-electron chi connectivity index (χ4n) is 1.38. The Balaban J connectivity index is 3.12. The molecule has 0 aliphatic carbocycles. The monoisotopic (exact) mass is 162 g/mol. The second-order valence-corrected chi connectivity index (χ2v) is 3.19. The van der Waals surface area contributed by atoms with Gasteiger partial charge in [0.05, 0.1) is 12.2 Å². The average Bonchev–Trinajstić information content (AvgIpc) is 2.34. The number of hydrogen-bond acceptors (Lipinski definition) is 3. The summed E-state index contributed by atoms with van der Waals surface area (Å²) in [6.45, 7) is 4.36. The molecular weight excluding hydrogens is 152 g/mol. The highest BCUT2D eigenvalue weighted by Gasteiger charge is 2.32. The van der Waals surface area contributed by atoms with Gasteiger partial charge in [0.1, 0.15) is 17.7 Å². The highest BCUT2D eigenvalue weighted by Crippen LogP contribution is 2.32. The Morgan fingerprint density at radius 2 is 2.00 bits per heavy atom. The molecular formula is C9H10N2O. The lowest BCUT2D eigenvalue weighted by atomic mass is 9.94. The van der Waals surface area contributed by atoms with Crippen LogP contribution in [0.2, 0.25) is 0 Å². The van der Waals surface area contributed by atoms with Crippen molar-refractivity contribution in [1.29, 1.82) is 10.5 Å². The van der Waals surface area contributed by atoms with Gasteiger partial charge in [0.25, 0.3) is 0 Å². The zero-order valence-corrected chi connectivity index (χ0v) is 7.22. The van der Waals surface area contributed by atoms with Crippen LogP contribution in [0, 0.1) is 22.7 Å². The van der Waals surface area contributed by atoms with Crippen LogP contribution in [0.25, 0.3) is 0 Å². The Morgan fingerprint density at radius 3 is 2.33 bits per heavy atom. The molecule has 1 aliphatic heterocycles. The smallest absolute Gasteiger partial charge is 0.131 e. The van der Waals surface area contributed by atoms with Crippen LogP contribution in [0.3, 0.4) is 0 Å². The molecule has 0 unspecified atom stereocenters. The molecule has 0 atom stereocenters. The summed E-state index contributed by atoms with van der Waals surface area (Å²) in [6, 6.07) is 3.78. The van der Waals surface area contributed by atoms with E-state index in [9.17, 15) is 0 Å². The van der Waals surface area contributed by atoms with Crippen molar-refractivity contribution in [2.24, 2.45) is 0 Å². The van der Waals surface area contributed by atoms with E-state index in [0.29, 0.717) is 13.0 Å². The van der Waals surface area contributed by atoms with Crippen molar-refractivity contribution in [2.45, 2.75) is 25.9 Å². The summed E-state index contributed by atoms with van der Waals surface area (Å²) in [4.78, 5) is 0. The third-order valence-electron chi connectivity index (χ3n) is 2.07. The zero-order valence-electron chi connectivity index (χ0n) is 7.22. The van der Waals surface area contributed by atoms with E-state index in [1.807, 2.05) is 26.0 Å². The first-order valence-corrected chi connectivity index (χ1v) is 3.79. The van der Waals surface area contributed by atoms with E-state index in [-0.39, 0.29) is 5.57 Å². The van der Waals surface area contributed by atoms with E-state index in [2.05, 4.69) is 0 Å². The van der Waals surface area contributed by atoms with Gasteiger partial charge in [-0.15, -0.1) is 0 Å². The Bertz CT molecular complexity index is 285. The molecule has 0 spiro atoms. The van der Waals surface area contributed by atoms with Gasteiger partial charge in [-0.3, -0.25) is 0 Å². The molecule has 0 saturated carbocycles. The molecule has 1 heterocycles. The van der Waals surface area contributed by atoms with E-state index in [1.165, 1.54) is 0 Å². The molecule has 0 N–H and O–H groups in total. The molecule has 12 heavy (non-hydrogen) atoms. The summed E-state index contributed by atoms with van der Waals surface area (Å²) in [6.07, 6.45) is 0.698. The Kier molecular flexibility index (Phi) is 2.17. The lowest BCUT2D eigenvalue weighted by molar-refractivity contribution is 0.0550. The van der Waals surface area contributed by atoms with Crippen LogP contribution in [0.4, 0.5) is 0 Å². The quantitative estimate of drug-likeness (QED) is 0.507. The molecule has 1 rings (SSSR count). The van der Waals surface area contributed by atoms with Crippen molar-refractivity contribution in [3.63, 3.8) is 0 Å². The van der Waals surface area contributed by atoms with Crippen LogP contribution in [0.15, 0.2) is 11.1 Å². The molecule has 0 amide bonds. The van der Waals surface area contributed by atoms with Crippen LogP contribution in [0.5, 0.6) is 0 Å². The van der Waals surface area contributed by atoms with Crippen LogP contribution in [0.1, 0.15) is 20.3 Å². The van der Waals surface area contributed by atoms with E-state index in [1.54, 1.807) is 0 Å². The van der Waals surface area contributed by atoms with Gasteiger partial charge in [-0.1, -0.05) is 0 Å². The SMILES string of the molecule is CC1(C)OCCC1=C(C#N)C#N. The maximum absolute atomic E-state index is 8.63. The minimum absolute atomic E-state index is 0.206. The fraction of sp³-hybridized carbons (Fsp3) is 0.556. The van der Waals surface area contributed by atoms with E-state index < -0.39 is 5.60 Å². The predicted octanol–water partition coefficient (Wildman–Crippen LogP) is 1.53. The summed E-state index contributed by atoms with van der Waals surface area (Å²) in [5.74, 6) is 0. The van der Waals surface area contributed by atoms with Gasteiger partial charge in [0.2, 0.25) is 0 Å². The standard InChI is InChI=1S/C9H10N2O/c1-9(2)8(3-4-12-9)7(5-10)6-11/h3-4H2,1-2H3. The molecule has 3 nitrogen and oxygen atoms in total. The van der Waals surface area contributed by atoms with Crippen molar-refractivity contribution in [3.8, 4) is 12.1 Å². The highest BCUT2D eigenvalue weighted by atomic mass is 16.5. The third-order valence-corrected chi connectivity index (χ3v) is 2.07. The van der Waals surface area contributed by atoms with E-state index in [4.69, 9.17) is 15.3 Å². The average molecular weight is 162 g/mol. The van der Waals surface area contributed by atoms with Crippen LogP contribution < -0.4 is 0 Å². The summed E-state index contributed by atoms with van der Waals surface area (Å²) >= 11 is 0. The maximum atomic E-state index is 8.63. The third kappa shape index (κ3) is 1.32. The number of hydrogen-bond donors (Lipinski definition) is 0. The number of allylic oxidation sites excluding steroid dienone is 1. The lowest BCUT2D eigenvalue weighted by Gasteiger charge is -2.18. The predicted molar refractivity (Wildman–Crippen MR) is 42.9 cm³/mol. The fourth-order valence-corrected chi connectivity index (χ4v) is 1.38. The van der Waals surface area contributed by atoms with Crippen molar-refractivity contribution >= 4 is 0 Å². The first kappa shape index (κ1) is 8.77. The molecule has 1 saturated heterocycles. The summed E-state index contributed by atoms with van der Waals surface area (Å²) < 4.78 is 5.38. The number of rotatable bonds is 0. The van der Waals surface area contributed by atoms with Gasteiger partial charge in [-0.05, 0) is 25.8 Å². The molecule has 0 aromatic carbocycles. The minimum atomic E-state index is -0.430. The summed E-state index contributed by atoms with van der Waals surface area (Å²) in [5, 5.41) is 17.3. The number of nitriles is 2. The lowest BCUT2D eigenvalue weighted by Crippen LogP contribution is -2.20. The Labute approximate surface area is 71.9 Å². The van der Waals surface area contributed by atoms with Gasteiger partial charge in [-0.25, -0.2) is 0 Å². The Hall–Kier alpha value is -1.32. The molecule has 0 aromatic rings. The van der Waals surface area contributed by atoms with Crippen LogP contribution >= 0.6 is 0 Å². The number of ether oxygens (including phenoxy) is 1. The van der Waals surface area contributed by atoms with Gasteiger partial charge in [0, 0.05) is 0 Å². The van der Waals surface area contributed by atoms with Crippen molar-refractivity contribution in [3.05, 3.63) is 11.1 Å². The molecule has 0 radical (unpaired) electrons. The second-order valence-electron chi connectivity index (χ2n) is 3.19. The van der Waals surface area contributed by atoms with Crippen molar-refractivity contribution in [2.75, 3.05) is 6.61 Å². The van der Waals surface area contributed by atoms with Crippen molar-refractivity contribution < 1.29 is 4.74 Å². The first-order chi connectivity index (χ1) is 5.61. The number of nitrogens with zero attached hydrogens (tertiary/aromatic N) is 2. The van der Waals surface area contributed by atoms with Gasteiger partial charge < -0.3 is 4.74 Å². The van der Waals surface area contributed by atoms with Gasteiger partial charge in [0.15, 0.2) is 0 Å². The minimum Gasteiger partial charge on any atom is -0.371 e. The highest BCUT2D eigenvalue weighted by molar-refractivity contribution is 5.44. The largest absolute Gasteiger partial charge is 0.371 e. The molecule has 0 bridgehead atoms. The first-order valence-electron chi connectivity index (χ1n) is 3.79. The summed E-state index contributed by atoms with van der Waals surface area (Å²) in [7, 11) is 0. The molecule has 1 fully saturated rings. The van der Waals surface area contributed by atoms with E-state index >= 15 is 0 Å². The van der Waals surface area contributed by atoms with Gasteiger partial charge in [-0.2, -0.15) is 10.5 Å². The zero-order chi connectivity index (χ0) is 9.19. The Morgan fingerprint density at radius 1 is 1.42 bits per heavy atom. The van der Waals surface area contributed by atoms with Gasteiger partial charge >= 0.3 is 0 Å². The van der Waals surface area contributed by atoms with E-state index in [0.717, 1.165) is 5.57 Å². The molecule has 0 aromatic heterocycles. The topological polar surface area (TPSA) is 56.8 Å². The second kappa shape index (κ2) is 2.97. The summed E-state index contributed by atoms with van der Waals surface area (Å²) in [5.41, 5.74) is 0.603. The maximum Gasteiger partial charge on any atom is 0.131 e. The normalized spacial score (nSPS) is 19.8. The molecule has 62 valence electrons. The van der Waals surface area contributed by atoms with Crippen LogP contribution in [-0.2, 0) is 4.74 Å². The van der Waals surface area contributed by atoms with Crippen LogP contribution in [-0.4, -0.2) is 12.2 Å². The van der Waals surface area contributed by atoms with Crippen molar-refractivity contribution in [1.82, 2.24) is 0 Å².